The van der Waals surface area contributed by atoms with Gasteiger partial charge in [-0.2, -0.15) is 0 Å². The summed E-state index contributed by atoms with van der Waals surface area (Å²) in [6.45, 7) is 4.99. The molecule has 1 fully saturated rings. The fourth-order valence-electron chi connectivity index (χ4n) is 3.97. The van der Waals surface area contributed by atoms with Crippen molar-refractivity contribution in [2.24, 2.45) is 0 Å². The molecule has 1 aliphatic rings. The molecule has 0 aliphatic carbocycles. The van der Waals surface area contributed by atoms with Crippen molar-refractivity contribution in [3.05, 3.63) is 70.8 Å². The van der Waals surface area contributed by atoms with Crippen LogP contribution in [0.1, 0.15) is 42.1 Å². The van der Waals surface area contributed by atoms with E-state index in [2.05, 4.69) is 4.90 Å². The summed E-state index contributed by atoms with van der Waals surface area (Å²) in [6.07, 6.45) is 5.93. The molecule has 2 aromatic carbocycles. The van der Waals surface area contributed by atoms with Gasteiger partial charge in [-0.15, -0.1) is 0 Å². The molecular formula is C26H33ClN2O4S. The van der Waals surface area contributed by atoms with E-state index in [0.717, 1.165) is 50.2 Å². The smallest absolute Gasteiger partial charge is 0.213 e. The molecule has 184 valence electrons. The maximum atomic E-state index is 12.4. The minimum atomic E-state index is -3.13. The van der Waals surface area contributed by atoms with E-state index in [9.17, 15) is 13.2 Å². The van der Waals surface area contributed by atoms with Gasteiger partial charge in [0.15, 0.2) is 5.78 Å². The van der Waals surface area contributed by atoms with Crippen molar-refractivity contribution >= 4 is 33.5 Å². The first kappa shape index (κ1) is 26.4. The number of hydrogen-bond acceptors (Lipinski definition) is 5. The monoisotopic (exact) mass is 504 g/mol. The summed E-state index contributed by atoms with van der Waals surface area (Å²) in [4.78, 5) is 14.7. The van der Waals surface area contributed by atoms with Gasteiger partial charge in [0, 0.05) is 30.2 Å². The number of carbonyl (C=O) groups excluding carboxylic acids is 1. The maximum absolute atomic E-state index is 12.4. The molecule has 1 heterocycles. The Kier molecular flexibility index (Phi) is 9.71. The van der Waals surface area contributed by atoms with Crippen LogP contribution in [0.4, 0.5) is 0 Å². The number of ether oxygens (including phenoxy) is 1. The van der Waals surface area contributed by atoms with Gasteiger partial charge in [-0.3, -0.25) is 4.79 Å². The van der Waals surface area contributed by atoms with Crippen molar-refractivity contribution in [2.45, 2.75) is 32.2 Å². The molecule has 1 saturated heterocycles. The second kappa shape index (κ2) is 12.5. The molecule has 1 aliphatic heterocycles. The zero-order valence-electron chi connectivity index (χ0n) is 19.8. The fraction of sp³-hybridized carbons (Fsp3) is 0.423. The van der Waals surface area contributed by atoms with Gasteiger partial charge < -0.3 is 9.64 Å². The second-order valence-electron chi connectivity index (χ2n) is 8.47. The Morgan fingerprint density at radius 3 is 2.38 bits per heavy atom. The number of piperidine rings is 1. The first-order valence-corrected chi connectivity index (χ1v) is 13.7. The first-order chi connectivity index (χ1) is 16.3. The van der Waals surface area contributed by atoms with E-state index in [1.54, 1.807) is 54.7 Å². The number of halogens is 1. The molecule has 0 atom stereocenters. The number of sulfonamides is 1. The summed E-state index contributed by atoms with van der Waals surface area (Å²) >= 11 is 5.88. The minimum absolute atomic E-state index is 0.0673. The van der Waals surface area contributed by atoms with Gasteiger partial charge in [-0.25, -0.2) is 12.7 Å². The minimum Gasteiger partial charge on any atom is -0.494 e. The van der Waals surface area contributed by atoms with E-state index in [4.69, 9.17) is 16.3 Å². The van der Waals surface area contributed by atoms with Crippen LogP contribution in [0.5, 0.6) is 5.75 Å². The van der Waals surface area contributed by atoms with Crippen LogP contribution in [-0.2, 0) is 10.0 Å². The fourth-order valence-corrected chi connectivity index (χ4v) is 5.17. The predicted molar refractivity (Wildman–Crippen MR) is 138 cm³/mol. The molecule has 0 N–H and O–H groups in total. The molecule has 3 rings (SSSR count). The molecule has 0 amide bonds. The van der Waals surface area contributed by atoms with Crippen LogP contribution in [-0.4, -0.2) is 68.5 Å². The zero-order chi connectivity index (χ0) is 24.6. The third-order valence-electron chi connectivity index (χ3n) is 6.20. The number of nitrogens with zero attached hydrogens (tertiary/aromatic N) is 2. The van der Waals surface area contributed by atoms with Crippen LogP contribution in [0.2, 0.25) is 5.02 Å². The van der Waals surface area contributed by atoms with Crippen molar-refractivity contribution in [3.8, 4) is 5.75 Å². The van der Waals surface area contributed by atoms with Crippen LogP contribution < -0.4 is 4.74 Å². The van der Waals surface area contributed by atoms with Gasteiger partial charge in [-0.1, -0.05) is 29.8 Å². The first-order valence-electron chi connectivity index (χ1n) is 11.7. The number of allylic oxidation sites excluding steroid dienone is 1. The Balaban J connectivity index is 1.37. The number of carbonyl (C=O) groups is 1. The lowest BCUT2D eigenvalue weighted by atomic mass is 10.1. The summed E-state index contributed by atoms with van der Waals surface area (Å²) in [5.41, 5.74) is 1.52. The van der Waals surface area contributed by atoms with Gasteiger partial charge in [-0.05, 0) is 87.3 Å². The van der Waals surface area contributed by atoms with Crippen molar-refractivity contribution in [1.29, 1.82) is 0 Å². The summed E-state index contributed by atoms with van der Waals surface area (Å²) in [6, 6.07) is 14.6. The SMILES string of the molecule is CCS(=O)(=O)N(C)C1CCN(CCCOc2ccc(C(=O)/C=C/c3ccc(Cl)cc3)cc2)CC1. The van der Waals surface area contributed by atoms with Gasteiger partial charge in [0.2, 0.25) is 10.0 Å². The number of ketones is 1. The highest BCUT2D eigenvalue weighted by atomic mass is 35.5. The summed E-state index contributed by atoms with van der Waals surface area (Å²) in [7, 11) is -1.43. The molecule has 6 nitrogen and oxygen atoms in total. The lowest BCUT2D eigenvalue weighted by Gasteiger charge is -2.36. The normalized spacial score (nSPS) is 15.8. The van der Waals surface area contributed by atoms with Crippen LogP contribution in [0.3, 0.4) is 0 Å². The van der Waals surface area contributed by atoms with Crippen LogP contribution in [0.15, 0.2) is 54.6 Å². The molecular weight excluding hydrogens is 472 g/mol. The Morgan fingerprint density at radius 1 is 1.12 bits per heavy atom. The molecule has 0 unspecified atom stereocenters. The van der Waals surface area contributed by atoms with Crippen molar-refractivity contribution in [3.63, 3.8) is 0 Å². The summed E-state index contributed by atoms with van der Waals surface area (Å²) in [5, 5.41) is 0.663. The highest BCUT2D eigenvalue weighted by Crippen LogP contribution is 2.19. The van der Waals surface area contributed by atoms with E-state index >= 15 is 0 Å². The Labute approximate surface area is 208 Å². The van der Waals surface area contributed by atoms with Gasteiger partial charge in [0.05, 0.1) is 12.4 Å². The predicted octanol–water partition coefficient (Wildman–Crippen LogP) is 4.75. The number of hydrogen-bond donors (Lipinski definition) is 0. The molecule has 0 saturated carbocycles. The summed E-state index contributed by atoms with van der Waals surface area (Å²) in [5.74, 6) is 0.821. The Hall–Kier alpha value is -2.19. The Bertz CT molecular complexity index is 1060. The summed E-state index contributed by atoms with van der Waals surface area (Å²) < 4.78 is 31.5. The van der Waals surface area contributed by atoms with Crippen LogP contribution in [0, 0.1) is 0 Å². The average Bonchev–Trinajstić information content (AvgIpc) is 2.86. The largest absolute Gasteiger partial charge is 0.494 e. The van der Waals surface area contributed by atoms with E-state index in [1.807, 2.05) is 24.3 Å². The van der Waals surface area contributed by atoms with Gasteiger partial charge >= 0.3 is 0 Å². The quantitative estimate of drug-likeness (QED) is 0.251. The van der Waals surface area contributed by atoms with E-state index in [1.165, 1.54) is 0 Å². The number of rotatable bonds is 11. The Morgan fingerprint density at radius 2 is 1.76 bits per heavy atom. The van der Waals surface area contributed by atoms with Gasteiger partial charge in [0.25, 0.3) is 0 Å². The third-order valence-corrected chi connectivity index (χ3v) is 8.36. The third kappa shape index (κ3) is 7.67. The molecule has 0 aromatic heterocycles. The van der Waals surface area contributed by atoms with E-state index < -0.39 is 10.0 Å². The molecule has 0 bridgehead atoms. The van der Waals surface area contributed by atoms with Crippen LogP contribution >= 0.6 is 11.6 Å². The van der Waals surface area contributed by atoms with E-state index in [0.29, 0.717) is 17.2 Å². The van der Waals surface area contributed by atoms with Crippen molar-refractivity contribution in [1.82, 2.24) is 9.21 Å². The van der Waals surface area contributed by atoms with Crippen molar-refractivity contribution in [2.75, 3.05) is 39.0 Å². The average molecular weight is 505 g/mol. The van der Waals surface area contributed by atoms with E-state index in [-0.39, 0.29) is 17.6 Å². The highest BCUT2D eigenvalue weighted by molar-refractivity contribution is 7.89. The number of benzene rings is 2. The molecule has 2 aromatic rings. The topological polar surface area (TPSA) is 66.9 Å². The zero-order valence-corrected chi connectivity index (χ0v) is 21.4. The molecule has 34 heavy (non-hydrogen) atoms. The van der Waals surface area contributed by atoms with Crippen LogP contribution in [0.25, 0.3) is 6.08 Å². The second-order valence-corrected chi connectivity index (χ2v) is 11.2. The van der Waals surface area contributed by atoms with Gasteiger partial charge in [0.1, 0.15) is 5.75 Å². The number of likely N-dealkylation sites (tertiary alicyclic amines) is 1. The standard InChI is InChI=1S/C26H33ClN2O4S/c1-3-34(31,32)28(2)24-15-18-29(19-16-24)17-4-20-33-25-12-8-22(9-13-25)26(30)14-7-21-5-10-23(27)11-6-21/h5-14,24H,3-4,15-20H2,1-2H3/b14-7+. The maximum Gasteiger partial charge on any atom is 0.213 e. The molecule has 0 radical (unpaired) electrons. The molecule has 8 heteroatoms. The lowest BCUT2D eigenvalue weighted by Crippen LogP contribution is -2.46. The lowest BCUT2D eigenvalue weighted by molar-refractivity contribution is 0.104. The molecule has 0 spiro atoms. The van der Waals surface area contributed by atoms with Crippen molar-refractivity contribution < 1.29 is 17.9 Å². The highest BCUT2D eigenvalue weighted by Gasteiger charge is 2.28.